The molecule has 7 heteroatoms. The number of halogens is 1. The van der Waals surface area contributed by atoms with Gasteiger partial charge in [0.1, 0.15) is 5.60 Å². The van der Waals surface area contributed by atoms with Crippen molar-refractivity contribution in [2.45, 2.75) is 114 Å². The van der Waals surface area contributed by atoms with E-state index in [1.54, 1.807) is 0 Å². The molecule has 6 nitrogen and oxygen atoms in total. The molecular formula is C21H41ClN4O2. The highest BCUT2D eigenvalue weighted by Gasteiger charge is 2.39. The van der Waals surface area contributed by atoms with Crippen molar-refractivity contribution in [2.24, 2.45) is 5.73 Å². The zero-order valence-electron chi connectivity index (χ0n) is 18.3. The monoisotopic (exact) mass is 416 g/mol. The Morgan fingerprint density at radius 2 is 1.29 bits per heavy atom. The van der Waals surface area contributed by atoms with Crippen molar-refractivity contribution in [3.05, 3.63) is 0 Å². The van der Waals surface area contributed by atoms with E-state index in [1.807, 2.05) is 20.8 Å². The predicted molar refractivity (Wildman–Crippen MR) is 116 cm³/mol. The van der Waals surface area contributed by atoms with Crippen molar-refractivity contribution in [3.8, 4) is 0 Å². The van der Waals surface area contributed by atoms with E-state index in [-0.39, 0.29) is 18.5 Å². The lowest BCUT2D eigenvalue weighted by Crippen LogP contribution is -2.49. The van der Waals surface area contributed by atoms with Gasteiger partial charge in [0, 0.05) is 36.3 Å². The average Bonchev–Trinajstić information content (AvgIpc) is 2.90. The topological polar surface area (TPSA) is 70.8 Å². The number of nitrogens with zero attached hydrogens (tertiary/aromatic N) is 2. The lowest BCUT2D eigenvalue weighted by Gasteiger charge is -2.36. The van der Waals surface area contributed by atoms with Crippen LogP contribution in [0.5, 0.6) is 0 Å². The van der Waals surface area contributed by atoms with Gasteiger partial charge in [-0.05, 0) is 86.2 Å². The van der Waals surface area contributed by atoms with Gasteiger partial charge in [-0.25, -0.2) is 4.79 Å². The van der Waals surface area contributed by atoms with Crippen LogP contribution in [-0.2, 0) is 4.74 Å². The van der Waals surface area contributed by atoms with Crippen LogP contribution >= 0.6 is 12.4 Å². The normalized spacial score (nSPS) is 37.5. The molecule has 4 unspecified atom stereocenters. The number of nitrogens with one attached hydrogen (secondary N) is 1. The quantitative estimate of drug-likeness (QED) is 0.687. The second kappa shape index (κ2) is 9.50. The highest BCUT2D eigenvalue weighted by molar-refractivity contribution is 5.85. The molecule has 3 N–H and O–H groups in total. The Hall–Kier alpha value is -0.560. The highest BCUT2D eigenvalue weighted by atomic mass is 35.5. The Balaban J connectivity index is 0.000000217. The maximum Gasteiger partial charge on any atom is 0.407 e. The number of hydrogen-bond donors (Lipinski definition) is 2. The van der Waals surface area contributed by atoms with E-state index < -0.39 is 5.60 Å². The third-order valence-electron chi connectivity index (χ3n) is 6.95. The minimum absolute atomic E-state index is 0. The van der Waals surface area contributed by atoms with Gasteiger partial charge >= 0.3 is 6.09 Å². The molecule has 4 bridgehead atoms. The van der Waals surface area contributed by atoms with Crippen molar-refractivity contribution in [3.63, 3.8) is 0 Å². The Kier molecular flexibility index (Phi) is 8.05. The zero-order chi connectivity index (χ0) is 19.8. The van der Waals surface area contributed by atoms with Gasteiger partial charge in [0.05, 0.1) is 0 Å². The van der Waals surface area contributed by atoms with Crippen LogP contribution in [0.1, 0.15) is 72.1 Å². The molecule has 28 heavy (non-hydrogen) atoms. The molecule has 0 saturated carbocycles. The fraction of sp³-hybridized carbons (Fsp3) is 0.952. The number of alkyl carbamates (subject to hydrolysis) is 1. The van der Waals surface area contributed by atoms with E-state index in [4.69, 9.17) is 10.5 Å². The molecule has 4 aliphatic heterocycles. The maximum atomic E-state index is 11.7. The first-order valence-electron chi connectivity index (χ1n) is 10.8. The summed E-state index contributed by atoms with van der Waals surface area (Å²) in [5.74, 6) is 0. The first kappa shape index (κ1) is 23.7. The van der Waals surface area contributed by atoms with Gasteiger partial charge in [-0.1, -0.05) is 0 Å². The van der Waals surface area contributed by atoms with Gasteiger partial charge in [-0.15, -0.1) is 12.4 Å². The Morgan fingerprint density at radius 3 is 1.68 bits per heavy atom. The van der Waals surface area contributed by atoms with Crippen molar-refractivity contribution >= 4 is 18.5 Å². The number of ether oxygens (including phenoxy) is 1. The number of piperidine rings is 2. The van der Waals surface area contributed by atoms with E-state index in [2.05, 4.69) is 29.2 Å². The lowest BCUT2D eigenvalue weighted by atomic mass is 9.98. The number of rotatable bonds is 1. The van der Waals surface area contributed by atoms with Gasteiger partial charge in [-0.3, -0.25) is 0 Å². The minimum atomic E-state index is -0.408. The predicted octanol–water partition coefficient (Wildman–Crippen LogP) is 3.13. The van der Waals surface area contributed by atoms with Gasteiger partial charge in [0.2, 0.25) is 0 Å². The van der Waals surface area contributed by atoms with E-state index in [0.717, 1.165) is 24.9 Å². The van der Waals surface area contributed by atoms with Crippen LogP contribution in [0.3, 0.4) is 0 Å². The van der Waals surface area contributed by atoms with Gasteiger partial charge in [0.15, 0.2) is 0 Å². The zero-order valence-corrected chi connectivity index (χ0v) is 19.1. The van der Waals surface area contributed by atoms with E-state index in [1.165, 1.54) is 38.5 Å². The van der Waals surface area contributed by atoms with Gasteiger partial charge in [0.25, 0.3) is 0 Å². The van der Waals surface area contributed by atoms with Crippen LogP contribution in [0.2, 0.25) is 0 Å². The molecule has 4 saturated heterocycles. The molecule has 4 aliphatic rings. The molecule has 164 valence electrons. The number of amides is 1. The van der Waals surface area contributed by atoms with Crippen molar-refractivity contribution in [1.82, 2.24) is 15.1 Å². The third-order valence-corrected chi connectivity index (χ3v) is 6.95. The van der Waals surface area contributed by atoms with E-state index in [0.29, 0.717) is 24.2 Å². The molecule has 0 spiro atoms. The van der Waals surface area contributed by atoms with Crippen LogP contribution in [-0.4, -0.2) is 71.8 Å². The number of carbonyl (C=O) groups is 1. The molecule has 0 aromatic carbocycles. The van der Waals surface area contributed by atoms with E-state index >= 15 is 0 Å². The van der Waals surface area contributed by atoms with Crippen molar-refractivity contribution in [1.29, 1.82) is 0 Å². The SMILES string of the molecule is CN1C2CCC1CC(N)C2.CN1C2CCC1CC(NC(=O)OC(C)(C)C)C2.Cl. The van der Waals surface area contributed by atoms with Gasteiger partial charge in [-0.2, -0.15) is 0 Å². The second-order valence-corrected chi connectivity index (χ2v) is 10.1. The summed E-state index contributed by atoms with van der Waals surface area (Å²) in [6.07, 6.45) is 9.62. The molecule has 0 aromatic heterocycles. The number of carbonyl (C=O) groups excluding carboxylic acids is 1. The van der Waals surface area contributed by atoms with Gasteiger partial charge < -0.3 is 25.6 Å². The molecular weight excluding hydrogens is 376 g/mol. The molecule has 4 fully saturated rings. The summed E-state index contributed by atoms with van der Waals surface area (Å²) < 4.78 is 5.29. The number of fused-ring (bicyclic) bond motifs is 4. The largest absolute Gasteiger partial charge is 0.444 e. The van der Waals surface area contributed by atoms with Crippen LogP contribution in [0, 0.1) is 0 Å². The summed E-state index contributed by atoms with van der Waals surface area (Å²) >= 11 is 0. The van der Waals surface area contributed by atoms with Crippen LogP contribution in [0.15, 0.2) is 0 Å². The second-order valence-electron chi connectivity index (χ2n) is 10.1. The molecule has 0 aromatic rings. The summed E-state index contributed by atoms with van der Waals surface area (Å²) in [7, 11) is 4.44. The Labute approximate surface area is 177 Å². The molecule has 1 amide bonds. The average molecular weight is 417 g/mol. The third kappa shape index (κ3) is 5.97. The fourth-order valence-corrected chi connectivity index (χ4v) is 5.46. The van der Waals surface area contributed by atoms with Crippen LogP contribution in [0.4, 0.5) is 4.79 Å². The standard InChI is InChI=1S/C13H24N2O2.C8H16N2.ClH/c1-13(2,3)17-12(16)14-9-7-10-5-6-11(8-9)15(10)4;1-10-7-2-3-8(10)5-6(9)4-7;/h9-11H,5-8H2,1-4H3,(H,14,16);6-8H,2-5,9H2,1H3;1H. The molecule has 0 radical (unpaired) electrons. The molecule has 0 aliphatic carbocycles. The van der Waals surface area contributed by atoms with E-state index in [9.17, 15) is 4.79 Å². The molecule has 4 rings (SSSR count). The first-order chi connectivity index (χ1) is 12.6. The summed E-state index contributed by atoms with van der Waals surface area (Å²) in [6, 6.07) is 3.71. The smallest absolute Gasteiger partial charge is 0.407 e. The maximum absolute atomic E-state index is 11.7. The first-order valence-corrected chi connectivity index (χ1v) is 10.8. The molecule has 4 heterocycles. The summed E-state index contributed by atoms with van der Waals surface area (Å²) in [5, 5.41) is 3.01. The highest BCUT2D eigenvalue weighted by Crippen LogP contribution is 2.34. The molecule has 4 atom stereocenters. The Bertz CT molecular complexity index is 499. The van der Waals surface area contributed by atoms with Crippen molar-refractivity contribution in [2.75, 3.05) is 14.1 Å². The lowest BCUT2D eigenvalue weighted by molar-refractivity contribution is 0.0459. The minimum Gasteiger partial charge on any atom is -0.444 e. The fourth-order valence-electron chi connectivity index (χ4n) is 5.46. The van der Waals surface area contributed by atoms with Crippen LogP contribution < -0.4 is 11.1 Å². The summed E-state index contributed by atoms with van der Waals surface area (Å²) in [6.45, 7) is 5.68. The van der Waals surface area contributed by atoms with Crippen molar-refractivity contribution < 1.29 is 9.53 Å². The number of nitrogens with two attached hydrogens (primary N) is 1. The van der Waals surface area contributed by atoms with Crippen LogP contribution in [0.25, 0.3) is 0 Å². The Morgan fingerprint density at radius 1 is 0.893 bits per heavy atom. The summed E-state index contributed by atoms with van der Waals surface area (Å²) in [5.41, 5.74) is 5.48. The summed E-state index contributed by atoms with van der Waals surface area (Å²) in [4.78, 5) is 16.7. The number of hydrogen-bond acceptors (Lipinski definition) is 5.